The molecule has 9 heteroatoms. The van der Waals surface area contributed by atoms with Crippen molar-refractivity contribution in [1.82, 2.24) is 9.80 Å². The first kappa shape index (κ1) is 16.3. The van der Waals surface area contributed by atoms with Crippen LogP contribution in [0.4, 0.5) is 18.0 Å². The van der Waals surface area contributed by atoms with Gasteiger partial charge >= 0.3 is 18.2 Å². The Morgan fingerprint density at radius 2 is 1.95 bits per heavy atom. The number of carbonyl (C=O) groups excluding carboxylic acids is 1. The van der Waals surface area contributed by atoms with Crippen LogP contribution in [-0.4, -0.2) is 70.3 Å². The van der Waals surface area contributed by atoms with E-state index in [9.17, 15) is 22.8 Å². The van der Waals surface area contributed by atoms with Gasteiger partial charge in [0.05, 0.1) is 0 Å². The van der Waals surface area contributed by atoms with Crippen molar-refractivity contribution in [3.05, 3.63) is 0 Å². The van der Waals surface area contributed by atoms with Gasteiger partial charge in [0.2, 0.25) is 0 Å². The van der Waals surface area contributed by atoms with Gasteiger partial charge in [-0.3, -0.25) is 4.79 Å². The number of halogens is 3. The minimum Gasteiger partial charge on any atom is -0.481 e. The van der Waals surface area contributed by atoms with Gasteiger partial charge < -0.3 is 14.9 Å². The predicted molar refractivity (Wildman–Crippen MR) is 71.2 cm³/mol. The molecular formula is C12H17F3N2O3S. The summed E-state index contributed by atoms with van der Waals surface area (Å²) in [5.74, 6) is -1.17. The fraction of sp³-hybridized carbons (Fsp3) is 0.833. The van der Waals surface area contributed by atoms with Crippen LogP contribution in [0.15, 0.2) is 0 Å². The van der Waals surface area contributed by atoms with Gasteiger partial charge in [-0.15, -0.1) is 0 Å². The molecule has 2 saturated heterocycles. The first-order valence-electron chi connectivity index (χ1n) is 6.63. The summed E-state index contributed by atoms with van der Waals surface area (Å²) in [6, 6.07) is -0.491. The van der Waals surface area contributed by atoms with Crippen LogP contribution in [0.2, 0.25) is 0 Å². The molecule has 0 aliphatic carbocycles. The molecule has 120 valence electrons. The standard InChI is InChI=1S/C12H17F3N2O3S/c1-8-6-16(4-5-21-8)10(20)17-3-2-11(7-17,9(18)19)12(13,14)15/h8H,2-7H2,1H3,(H,18,19). The van der Waals surface area contributed by atoms with Crippen LogP contribution in [0.25, 0.3) is 0 Å². The number of carbonyl (C=O) groups is 2. The van der Waals surface area contributed by atoms with Crippen molar-refractivity contribution in [3.8, 4) is 0 Å². The topological polar surface area (TPSA) is 60.9 Å². The zero-order valence-corrected chi connectivity index (χ0v) is 12.3. The summed E-state index contributed by atoms with van der Waals surface area (Å²) in [4.78, 5) is 25.9. The Balaban J connectivity index is 2.10. The molecule has 0 saturated carbocycles. The summed E-state index contributed by atoms with van der Waals surface area (Å²) >= 11 is 1.70. The average molecular weight is 326 g/mol. The van der Waals surface area contributed by atoms with E-state index < -0.39 is 36.6 Å². The van der Waals surface area contributed by atoms with Crippen molar-refractivity contribution in [2.75, 3.05) is 31.9 Å². The molecule has 2 unspecified atom stereocenters. The minimum absolute atomic E-state index is 0.178. The van der Waals surface area contributed by atoms with Crippen molar-refractivity contribution >= 4 is 23.8 Å². The van der Waals surface area contributed by atoms with Crippen LogP contribution in [0, 0.1) is 5.41 Å². The normalized spacial score (nSPS) is 30.6. The lowest BCUT2D eigenvalue weighted by Gasteiger charge is -2.34. The van der Waals surface area contributed by atoms with E-state index in [4.69, 9.17) is 5.11 Å². The number of alkyl halides is 3. The zero-order chi connectivity index (χ0) is 15.8. The van der Waals surface area contributed by atoms with Gasteiger partial charge in [0.1, 0.15) is 0 Å². The molecular weight excluding hydrogens is 309 g/mol. The van der Waals surface area contributed by atoms with Gasteiger partial charge in [-0.1, -0.05) is 6.92 Å². The van der Waals surface area contributed by atoms with Crippen LogP contribution in [-0.2, 0) is 4.79 Å². The third-order valence-electron chi connectivity index (χ3n) is 4.00. The largest absolute Gasteiger partial charge is 0.481 e. The smallest absolute Gasteiger partial charge is 0.406 e. The maximum atomic E-state index is 13.1. The second-order valence-corrected chi connectivity index (χ2v) is 7.01. The van der Waals surface area contributed by atoms with Crippen molar-refractivity contribution in [2.24, 2.45) is 5.41 Å². The maximum Gasteiger partial charge on any atom is 0.406 e. The lowest BCUT2D eigenvalue weighted by atomic mass is 9.86. The Bertz CT molecular complexity index is 446. The van der Waals surface area contributed by atoms with Crippen LogP contribution in [0.1, 0.15) is 13.3 Å². The molecule has 0 spiro atoms. The van der Waals surface area contributed by atoms with E-state index in [0.29, 0.717) is 13.1 Å². The van der Waals surface area contributed by atoms with E-state index in [1.807, 2.05) is 6.92 Å². The molecule has 2 atom stereocenters. The van der Waals surface area contributed by atoms with E-state index in [0.717, 1.165) is 10.7 Å². The van der Waals surface area contributed by atoms with Gasteiger partial charge in [0.15, 0.2) is 5.41 Å². The maximum absolute atomic E-state index is 13.1. The van der Waals surface area contributed by atoms with E-state index in [-0.39, 0.29) is 11.8 Å². The molecule has 2 aliphatic rings. The van der Waals surface area contributed by atoms with Gasteiger partial charge in [0.25, 0.3) is 0 Å². The number of urea groups is 1. The molecule has 2 fully saturated rings. The van der Waals surface area contributed by atoms with Crippen LogP contribution >= 0.6 is 11.8 Å². The Labute approximate surface area is 124 Å². The molecule has 2 amide bonds. The fourth-order valence-electron chi connectivity index (χ4n) is 2.69. The van der Waals surface area contributed by atoms with E-state index >= 15 is 0 Å². The average Bonchev–Trinajstić information content (AvgIpc) is 2.83. The first-order chi connectivity index (χ1) is 9.67. The highest BCUT2D eigenvalue weighted by Crippen LogP contribution is 2.46. The third-order valence-corrected chi connectivity index (χ3v) is 5.14. The Morgan fingerprint density at radius 3 is 2.43 bits per heavy atom. The minimum atomic E-state index is -4.86. The van der Waals surface area contributed by atoms with Crippen molar-refractivity contribution < 1.29 is 27.9 Å². The first-order valence-corrected chi connectivity index (χ1v) is 7.68. The van der Waals surface area contributed by atoms with Gasteiger partial charge in [-0.05, 0) is 6.42 Å². The number of aliphatic carboxylic acids is 1. The lowest BCUT2D eigenvalue weighted by Crippen LogP contribution is -2.51. The van der Waals surface area contributed by atoms with Crippen molar-refractivity contribution in [2.45, 2.75) is 24.8 Å². The Hall–Kier alpha value is -1.12. The zero-order valence-electron chi connectivity index (χ0n) is 11.5. The monoisotopic (exact) mass is 326 g/mol. The molecule has 0 aromatic carbocycles. The lowest BCUT2D eigenvalue weighted by molar-refractivity contribution is -0.227. The molecule has 1 N–H and O–H groups in total. The molecule has 0 aromatic rings. The van der Waals surface area contributed by atoms with Crippen LogP contribution in [0.3, 0.4) is 0 Å². The number of carboxylic acid groups (broad SMARTS) is 1. The summed E-state index contributed by atoms with van der Waals surface area (Å²) in [6.45, 7) is 1.93. The van der Waals surface area contributed by atoms with Crippen molar-refractivity contribution in [3.63, 3.8) is 0 Å². The second kappa shape index (κ2) is 5.58. The van der Waals surface area contributed by atoms with Crippen molar-refractivity contribution in [1.29, 1.82) is 0 Å². The highest BCUT2D eigenvalue weighted by atomic mass is 32.2. The number of thioether (sulfide) groups is 1. The number of amides is 2. The number of rotatable bonds is 1. The summed E-state index contributed by atoms with van der Waals surface area (Å²) in [7, 11) is 0. The van der Waals surface area contributed by atoms with Gasteiger partial charge in [-0.2, -0.15) is 24.9 Å². The van der Waals surface area contributed by atoms with Gasteiger partial charge in [0, 0.05) is 37.2 Å². The molecule has 2 aliphatic heterocycles. The summed E-state index contributed by atoms with van der Waals surface area (Å²) in [5, 5.41) is 9.21. The predicted octanol–water partition coefficient (Wildman–Crippen LogP) is 1.88. The summed E-state index contributed by atoms with van der Waals surface area (Å²) in [5.41, 5.74) is -2.83. The number of hydrogen-bond acceptors (Lipinski definition) is 3. The van der Waals surface area contributed by atoms with E-state index in [2.05, 4.69) is 0 Å². The van der Waals surface area contributed by atoms with E-state index in [1.165, 1.54) is 4.90 Å². The molecule has 0 radical (unpaired) electrons. The Morgan fingerprint density at radius 1 is 1.29 bits per heavy atom. The Kier molecular flexibility index (Phi) is 4.32. The molecule has 5 nitrogen and oxygen atoms in total. The van der Waals surface area contributed by atoms with Crippen LogP contribution < -0.4 is 0 Å². The highest BCUT2D eigenvalue weighted by Gasteiger charge is 2.64. The SMILES string of the molecule is CC1CN(C(=O)N2CCC(C(=O)O)(C(F)(F)F)C2)CCS1. The highest BCUT2D eigenvalue weighted by molar-refractivity contribution is 7.99. The van der Waals surface area contributed by atoms with Crippen LogP contribution in [0.5, 0.6) is 0 Å². The molecule has 0 bridgehead atoms. The quantitative estimate of drug-likeness (QED) is 0.799. The molecule has 2 heterocycles. The summed E-state index contributed by atoms with van der Waals surface area (Å²) < 4.78 is 39.2. The number of nitrogens with zero attached hydrogens (tertiary/aromatic N) is 2. The number of hydrogen-bond donors (Lipinski definition) is 1. The van der Waals surface area contributed by atoms with E-state index in [1.54, 1.807) is 11.8 Å². The number of carboxylic acids is 1. The third kappa shape index (κ3) is 2.93. The number of likely N-dealkylation sites (tertiary alicyclic amines) is 1. The molecule has 2 rings (SSSR count). The fourth-order valence-corrected chi connectivity index (χ4v) is 3.71. The van der Waals surface area contributed by atoms with Gasteiger partial charge in [-0.25, -0.2) is 4.79 Å². The summed E-state index contributed by atoms with van der Waals surface area (Å²) in [6.07, 6.45) is -5.45. The molecule has 21 heavy (non-hydrogen) atoms. The molecule has 0 aromatic heterocycles. The second-order valence-electron chi connectivity index (χ2n) is 5.47.